The highest BCUT2D eigenvalue weighted by molar-refractivity contribution is 6.08. The number of esters is 1. The van der Waals surface area contributed by atoms with Gasteiger partial charge >= 0.3 is 5.97 Å². The van der Waals surface area contributed by atoms with E-state index < -0.39 is 5.97 Å². The molecule has 0 atom stereocenters. The molecule has 1 aromatic heterocycles. The third kappa shape index (κ3) is 3.40. The van der Waals surface area contributed by atoms with Crippen LogP contribution < -0.4 is 5.32 Å². The largest absolute Gasteiger partial charge is 0.465 e. The van der Waals surface area contributed by atoms with Gasteiger partial charge < -0.3 is 10.1 Å². The van der Waals surface area contributed by atoms with Crippen molar-refractivity contribution in [3.63, 3.8) is 0 Å². The molecule has 0 fully saturated rings. The number of benzene rings is 2. The number of amides is 1. The van der Waals surface area contributed by atoms with Crippen molar-refractivity contribution >= 4 is 17.6 Å². The lowest BCUT2D eigenvalue weighted by Crippen LogP contribution is -2.15. The molecule has 0 radical (unpaired) electrons. The Bertz CT molecular complexity index is 916. The van der Waals surface area contributed by atoms with Crippen LogP contribution in [-0.4, -0.2) is 34.0 Å². The van der Waals surface area contributed by atoms with E-state index >= 15 is 0 Å². The van der Waals surface area contributed by atoms with Crippen molar-refractivity contribution in [2.45, 2.75) is 6.92 Å². The second-order valence-electron chi connectivity index (χ2n) is 5.33. The second-order valence-corrected chi connectivity index (χ2v) is 5.33. The maximum Gasteiger partial charge on any atom is 0.339 e. The number of carbonyl (C=O) groups excluding carboxylic acids is 2. The summed E-state index contributed by atoms with van der Waals surface area (Å²) in [6.07, 6.45) is 1.66. The van der Waals surface area contributed by atoms with E-state index in [2.05, 4.69) is 15.6 Å². The first-order valence-electron chi connectivity index (χ1n) is 7.56. The molecule has 0 bridgehead atoms. The number of carbonyl (C=O) groups is 2. The van der Waals surface area contributed by atoms with Gasteiger partial charge in [0.15, 0.2) is 0 Å². The van der Waals surface area contributed by atoms with E-state index in [-0.39, 0.29) is 5.91 Å². The van der Waals surface area contributed by atoms with Crippen molar-refractivity contribution in [2.24, 2.45) is 0 Å². The summed E-state index contributed by atoms with van der Waals surface area (Å²) in [4.78, 5) is 24.2. The number of aryl methyl sites for hydroxylation is 1. The van der Waals surface area contributed by atoms with Crippen LogP contribution in [0.2, 0.25) is 0 Å². The summed E-state index contributed by atoms with van der Waals surface area (Å²) in [6, 6.07) is 13.6. The van der Waals surface area contributed by atoms with E-state index in [1.807, 2.05) is 6.92 Å². The number of nitrogens with one attached hydrogen (secondary N) is 1. The first kappa shape index (κ1) is 16.4. The summed E-state index contributed by atoms with van der Waals surface area (Å²) in [6.45, 7) is 1.89. The van der Waals surface area contributed by atoms with E-state index in [0.29, 0.717) is 16.8 Å². The van der Waals surface area contributed by atoms with Gasteiger partial charge in [-0.15, -0.1) is 5.10 Å². The van der Waals surface area contributed by atoms with Crippen LogP contribution in [0.25, 0.3) is 5.69 Å². The number of ether oxygens (including phenoxy) is 1. The van der Waals surface area contributed by atoms with Gasteiger partial charge in [-0.2, -0.15) is 0 Å². The van der Waals surface area contributed by atoms with Gasteiger partial charge in [-0.3, -0.25) is 4.79 Å². The number of aromatic nitrogens is 3. The van der Waals surface area contributed by atoms with Crippen molar-refractivity contribution < 1.29 is 14.3 Å². The van der Waals surface area contributed by atoms with Gasteiger partial charge in [0.05, 0.1) is 35.9 Å². The van der Waals surface area contributed by atoms with E-state index in [0.717, 1.165) is 11.4 Å². The monoisotopic (exact) mass is 336 g/mol. The zero-order chi connectivity index (χ0) is 17.8. The molecule has 7 nitrogen and oxygen atoms in total. The molecule has 0 unspecified atom stereocenters. The zero-order valence-corrected chi connectivity index (χ0v) is 13.8. The fraction of sp³-hybridized carbons (Fsp3) is 0.111. The van der Waals surface area contributed by atoms with Crippen LogP contribution in [-0.2, 0) is 4.74 Å². The lowest BCUT2D eigenvalue weighted by molar-refractivity contribution is 0.0602. The molecule has 0 saturated heterocycles. The van der Waals surface area contributed by atoms with Gasteiger partial charge in [-0.1, -0.05) is 17.3 Å². The Labute approximate surface area is 144 Å². The molecular weight excluding hydrogens is 320 g/mol. The third-order valence-electron chi connectivity index (χ3n) is 3.67. The number of methoxy groups -OCH3 is 1. The molecule has 0 spiro atoms. The van der Waals surface area contributed by atoms with Crippen molar-refractivity contribution in [1.82, 2.24) is 15.0 Å². The minimum Gasteiger partial charge on any atom is -0.465 e. The van der Waals surface area contributed by atoms with Crippen LogP contribution in [0.4, 0.5) is 5.69 Å². The number of para-hydroxylation sites is 1. The summed E-state index contributed by atoms with van der Waals surface area (Å²) in [5.74, 6) is -0.828. The van der Waals surface area contributed by atoms with Gasteiger partial charge in [0, 0.05) is 5.56 Å². The van der Waals surface area contributed by atoms with Crippen LogP contribution in [0.1, 0.15) is 26.4 Å². The van der Waals surface area contributed by atoms with Crippen LogP contribution in [0, 0.1) is 6.92 Å². The topological polar surface area (TPSA) is 86.1 Å². The van der Waals surface area contributed by atoms with Gasteiger partial charge in [0.25, 0.3) is 5.91 Å². The Hall–Kier alpha value is -3.48. The predicted octanol–water partition coefficient (Wildman–Crippen LogP) is 2.61. The Balaban J connectivity index is 1.81. The first-order chi connectivity index (χ1) is 12.1. The van der Waals surface area contributed by atoms with Crippen LogP contribution in [0.5, 0.6) is 0 Å². The molecule has 2 aromatic carbocycles. The van der Waals surface area contributed by atoms with E-state index in [4.69, 9.17) is 4.74 Å². The van der Waals surface area contributed by atoms with Crippen LogP contribution >= 0.6 is 0 Å². The minimum atomic E-state index is -0.507. The SMILES string of the molecule is COC(=O)c1ccccc1NC(=O)c1ccc(-n2nncc2C)cc1. The third-order valence-corrected chi connectivity index (χ3v) is 3.67. The molecule has 0 saturated carbocycles. The van der Waals surface area contributed by atoms with Gasteiger partial charge in [-0.25, -0.2) is 9.48 Å². The number of hydrogen-bond donors (Lipinski definition) is 1. The number of anilines is 1. The number of hydrogen-bond acceptors (Lipinski definition) is 5. The van der Waals surface area contributed by atoms with E-state index in [1.54, 1.807) is 59.4 Å². The maximum absolute atomic E-state index is 12.4. The minimum absolute atomic E-state index is 0.299. The second kappa shape index (κ2) is 6.96. The molecule has 0 aliphatic heterocycles. The van der Waals surface area contributed by atoms with Crippen molar-refractivity contribution in [2.75, 3.05) is 12.4 Å². The molecule has 126 valence electrons. The molecule has 1 amide bonds. The molecule has 0 aliphatic rings. The van der Waals surface area contributed by atoms with Crippen molar-refractivity contribution in [1.29, 1.82) is 0 Å². The van der Waals surface area contributed by atoms with Gasteiger partial charge in [0.1, 0.15) is 0 Å². The number of rotatable bonds is 4. The molecule has 25 heavy (non-hydrogen) atoms. The molecular formula is C18H16N4O3. The highest BCUT2D eigenvalue weighted by Gasteiger charge is 2.14. The number of nitrogens with zero attached hydrogens (tertiary/aromatic N) is 3. The summed E-state index contributed by atoms with van der Waals surface area (Å²) in [5, 5.41) is 10.6. The predicted molar refractivity (Wildman–Crippen MR) is 91.8 cm³/mol. The molecule has 3 aromatic rings. The molecule has 3 rings (SSSR count). The first-order valence-corrected chi connectivity index (χ1v) is 7.56. The lowest BCUT2D eigenvalue weighted by Gasteiger charge is -2.10. The lowest BCUT2D eigenvalue weighted by atomic mass is 10.1. The van der Waals surface area contributed by atoms with Crippen LogP contribution in [0.3, 0.4) is 0 Å². The standard InChI is InChI=1S/C18H16N4O3/c1-12-11-19-21-22(12)14-9-7-13(8-10-14)17(23)20-16-6-4-3-5-15(16)18(24)25-2/h3-11H,1-2H3,(H,20,23). The van der Waals surface area contributed by atoms with Gasteiger partial charge in [0.2, 0.25) is 0 Å². The average Bonchev–Trinajstić information content (AvgIpc) is 3.07. The van der Waals surface area contributed by atoms with Gasteiger partial charge in [-0.05, 0) is 43.3 Å². The Kier molecular flexibility index (Phi) is 4.56. The van der Waals surface area contributed by atoms with E-state index in [1.165, 1.54) is 7.11 Å². The average molecular weight is 336 g/mol. The summed E-state index contributed by atoms with van der Waals surface area (Å²) >= 11 is 0. The van der Waals surface area contributed by atoms with E-state index in [9.17, 15) is 9.59 Å². The Morgan fingerprint density at radius 3 is 2.44 bits per heavy atom. The Morgan fingerprint density at radius 2 is 1.80 bits per heavy atom. The molecule has 0 aliphatic carbocycles. The van der Waals surface area contributed by atoms with Crippen molar-refractivity contribution in [3.8, 4) is 5.69 Å². The highest BCUT2D eigenvalue weighted by atomic mass is 16.5. The fourth-order valence-corrected chi connectivity index (χ4v) is 2.37. The quantitative estimate of drug-likeness (QED) is 0.740. The normalized spacial score (nSPS) is 10.3. The molecule has 1 heterocycles. The Morgan fingerprint density at radius 1 is 1.08 bits per heavy atom. The summed E-state index contributed by atoms with van der Waals surface area (Å²) < 4.78 is 6.40. The van der Waals surface area contributed by atoms with Crippen LogP contribution in [0.15, 0.2) is 54.7 Å². The maximum atomic E-state index is 12.4. The fourth-order valence-electron chi connectivity index (χ4n) is 2.37. The highest BCUT2D eigenvalue weighted by Crippen LogP contribution is 2.18. The molecule has 1 N–H and O–H groups in total. The smallest absolute Gasteiger partial charge is 0.339 e. The summed E-state index contributed by atoms with van der Waals surface area (Å²) in [5.41, 5.74) is 2.86. The molecule has 7 heteroatoms. The zero-order valence-electron chi connectivity index (χ0n) is 13.8. The van der Waals surface area contributed by atoms with Crippen molar-refractivity contribution in [3.05, 3.63) is 71.5 Å². The summed E-state index contributed by atoms with van der Waals surface area (Å²) in [7, 11) is 1.30.